The van der Waals surface area contributed by atoms with Gasteiger partial charge in [-0.25, -0.2) is 4.79 Å². The van der Waals surface area contributed by atoms with Crippen LogP contribution >= 0.6 is 11.6 Å². The number of aryl methyl sites for hydroxylation is 1. The first kappa shape index (κ1) is 21.4. The fourth-order valence-corrected chi connectivity index (χ4v) is 4.06. The van der Waals surface area contributed by atoms with Gasteiger partial charge in [-0.2, -0.15) is 8.42 Å². The maximum absolute atomic E-state index is 12.6. The molecular weight excluding hydrogens is 388 g/mol. The van der Waals surface area contributed by atoms with Gasteiger partial charge < -0.3 is 4.74 Å². The summed E-state index contributed by atoms with van der Waals surface area (Å²) in [6.07, 6.45) is -0.121. The van der Waals surface area contributed by atoms with Gasteiger partial charge in [-0.15, -0.1) is 0 Å². The highest BCUT2D eigenvalue weighted by Crippen LogP contribution is 2.25. The Balaban J connectivity index is 2.12. The number of carbonyl (C=O) groups excluding carboxylic acids is 1. The first-order valence-electron chi connectivity index (χ1n) is 8.72. The van der Waals surface area contributed by atoms with Gasteiger partial charge in [0.15, 0.2) is 6.10 Å². The normalized spacial score (nSPS) is 12.7. The Labute approximate surface area is 165 Å². The maximum atomic E-state index is 12.6. The second-order valence-corrected chi connectivity index (χ2v) is 8.28. The van der Waals surface area contributed by atoms with Gasteiger partial charge in [-0.05, 0) is 50.8 Å². The van der Waals surface area contributed by atoms with Crippen LogP contribution in [0.4, 0.5) is 0 Å². The van der Waals surface area contributed by atoms with Crippen molar-refractivity contribution in [3.63, 3.8) is 0 Å². The number of carbonyl (C=O) groups is 1. The Kier molecular flexibility index (Phi) is 7.83. The van der Waals surface area contributed by atoms with Crippen LogP contribution < -0.4 is 0 Å². The molecule has 0 unspecified atom stereocenters. The summed E-state index contributed by atoms with van der Waals surface area (Å²) in [5.74, 6) is -0.700. The van der Waals surface area contributed by atoms with Crippen molar-refractivity contribution in [1.82, 2.24) is 0 Å². The van der Waals surface area contributed by atoms with Crippen molar-refractivity contribution in [2.24, 2.45) is 0 Å². The third-order valence-corrected chi connectivity index (χ3v) is 5.56. The third kappa shape index (κ3) is 6.65. The Morgan fingerprint density at radius 3 is 2.30 bits per heavy atom. The zero-order valence-corrected chi connectivity index (χ0v) is 16.9. The zero-order valence-electron chi connectivity index (χ0n) is 15.3. The molecule has 0 aliphatic heterocycles. The number of rotatable bonds is 9. The summed E-state index contributed by atoms with van der Waals surface area (Å²) < 4.78 is 35.5. The quantitative estimate of drug-likeness (QED) is 0.453. The molecular formula is C20H23ClO5S. The monoisotopic (exact) mass is 410 g/mol. The topological polar surface area (TPSA) is 69.7 Å². The minimum Gasteiger partial charge on any atom is -0.461 e. The van der Waals surface area contributed by atoms with Gasteiger partial charge in [0.2, 0.25) is 0 Å². The molecule has 0 heterocycles. The van der Waals surface area contributed by atoms with E-state index in [9.17, 15) is 13.2 Å². The molecule has 0 aliphatic rings. The molecule has 2 aromatic carbocycles. The molecule has 0 fully saturated rings. The zero-order chi connectivity index (χ0) is 19.9. The van der Waals surface area contributed by atoms with Crippen molar-refractivity contribution in [3.05, 3.63) is 65.2 Å². The van der Waals surface area contributed by atoms with Gasteiger partial charge in [-0.1, -0.05) is 54.1 Å². The minimum atomic E-state index is -4.20. The first-order valence-corrected chi connectivity index (χ1v) is 10.5. The van der Waals surface area contributed by atoms with Gasteiger partial charge >= 0.3 is 5.97 Å². The summed E-state index contributed by atoms with van der Waals surface area (Å²) in [7, 11) is -4.20. The molecule has 0 spiro atoms. The Morgan fingerprint density at radius 1 is 1.04 bits per heavy atom. The molecule has 0 saturated heterocycles. The number of esters is 1. The van der Waals surface area contributed by atoms with Gasteiger partial charge in [0, 0.05) is 0 Å². The second kappa shape index (κ2) is 9.88. The lowest BCUT2D eigenvalue weighted by Gasteiger charge is -2.18. The Bertz CT molecular complexity index is 850. The molecule has 2 aromatic rings. The fourth-order valence-electron chi connectivity index (χ4n) is 2.50. The van der Waals surface area contributed by atoms with Gasteiger partial charge in [0.1, 0.15) is 4.90 Å². The largest absolute Gasteiger partial charge is 0.461 e. The number of hydrogen-bond donors (Lipinski definition) is 0. The van der Waals surface area contributed by atoms with Crippen LogP contribution in [-0.2, 0) is 30.3 Å². The van der Waals surface area contributed by atoms with Gasteiger partial charge in [0.05, 0.1) is 11.1 Å². The molecule has 0 N–H and O–H groups in total. The molecule has 0 bridgehead atoms. The lowest BCUT2D eigenvalue weighted by molar-refractivity contribution is -0.156. The van der Waals surface area contributed by atoms with Crippen molar-refractivity contribution in [1.29, 1.82) is 0 Å². The highest BCUT2D eigenvalue weighted by molar-refractivity contribution is 7.87. The van der Waals surface area contributed by atoms with Crippen LogP contribution in [0.1, 0.15) is 32.3 Å². The molecule has 2 rings (SSSR count). The third-order valence-electron chi connectivity index (χ3n) is 3.74. The van der Waals surface area contributed by atoms with Crippen molar-refractivity contribution >= 4 is 27.7 Å². The molecule has 1 atom stereocenters. The van der Waals surface area contributed by atoms with Crippen LogP contribution in [0.15, 0.2) is 59.5 Å². The number of ether oxygens (including phenoxy) is 1. The average molecular weight is 411 g/mol. The van der Waals surface area contributed by atoms with Crippen LogP contribution in [0.25, 0.3) is 0 Å². The lowest BCUT2D eigenvalue weighted by Crippen LogP contribution is -2.31. The molecule has 5 nitrogen and oxygen atoms in total. The van der Waals surface area contributed by atoms with Crippen LogP contribution in [0.5, 0.6) is 0 Å². The van der Waals surface area contributed by atoms with Crippen molar-refractivity contribution in [3.8, 4) is 0 Å². The predicted octanol–water partition coefficient (Wildman–Crippen LogP) is 4.39. The standard InChI is InChI=1S/C20H23ClO5S/c1-15(2)25-20(22)18(13-8-11-16-9-4-3-5-10-16)26-27(23,24)19-14-7-6-12-17(19)21/h3-7,9-10,12,14-15,18H,8,11,13H2,1-2H3/t18-/m1/s1. The highest BCUT2D eigenvalue weighted by atomic mass is 35.5. The average Bonchev–Trinajstić information content (AvgIpc) is 2.61. The summed E-state index contributed by atoms with van der Waals surface area (Å²) in [6, 6.07) is 15.7. The van der Waals surface area contributed by atoms with Crippen LogP contribution in [0.2, 0.25) is 5.02 Å². The van der Waals surface area contributed by atoms with Crippen LogP contribution in [0.3, 0.4) is 0 Å². The first-order chi connectivity index (χ1) is 12.8. The van der Waals surface area contributed by atoms with E-state index in [1.807, 2.05) is 30.3 Å². The molecule has 0 saturated carbocycles. The van der Waals surface area contributed by atoms with E-state index in [0.717, 1.165) is 5.56 Å². The van der Waals surface area contributed by atoms with Crippen LogP contribution in [0, 0.1) is 0 Å². The summed E-state index contributed by atoms with van der Waals surface area (Å²) in [5.41, 5.74) is 1.10. The number of benzene rings is 2. The van der Waals surface area contributed by atoms with E-state index in [1.165, 1.54) is 12.1 Å². The lowest BCUT2D eigenvalue weighted by atomic mass is 10.1. The minimum absolute atomic E-state index is 0.0396. The van der Waals surface area contributed by atoms with Crippen molar-refractivity contribution in [2.75, 3.05) is 0 Å². The second-order valence-electron chi connectivity index (χ2n) is 6.33. The SMILES string of the molecule is CC(C)OC(=O)[C@@H](CCCc1ccccc1)OS(=O)(=O)c1ccccc1Cl. The summed E-state index contributed by atoms with van der Waals surface area (Å²) in [4.78, 5) is 12.2. The summed E-state index contributed by atoms with van der Waals surface area (Å²) >= 11 is 5.97. The smallest absolute Gasteiger partial charge is 0.337 e. The van der Waals surface area contributed by atoms with E-state index in [4.69, 9.17) is 20.5 Å². The summed E-state index contributed by atoms with van der Waals surface area (Å²) in [6.45, 7) is 3.39. The van der Waals surface area contributed by atoms with E-state index in [-0.39, 0.29) is 22.4 Å². The predicted molar refractivity (Wildman–Crippen MR) is 104 cm³/mol. The van der Waals surface area contributed by atoms with E-state index in [0.29, 0.717) is 12.8 Å². The maximum Gasteiger partial charge on any atom is 0.337 e. The van der Waals surface area contributed by atoms with E-state index >= 15 is 0 Å². The molecule has 146 valence electrons. The Morgan fingerprint density at radius 2 is 1.67 bits per heavy atom. The van der Waals surface area contributed by atoms with Crippen molar-refractivity contribution in [2.45, 2.75) is 50.2 Å². The van der Waals surface area contributed by atoms with Crippen molar-refractivity contribution < 1.29 is 22.1 Å². The molecule has 0 aliphatic carbocycles. The highest BCUT2D eigenvalue weighted by Gasteiger charge is 2.30. The molecule has 0 amide bonds. The number of hydrogen-bond acceptors (Lipinski definition) is 5. The molecule has 0 radical (unpaired) electrons. The molecule has 0 aromatic heterocycles. The van der Waals surface area contributed by atoms with E-state index in [2.05, 4.69) is 0 Å². The van der Waals surface area contributed by atoms with Gasteiger partial charge in [-0.3, -0.25) is 4.18 Å². The van der Waals surface area contributed by atoms with E-state index in [1.54, 1.807) is 26.0 Å². The van der Waals surface area contributed by atoms with E-state index < -0.39 is 22.2 Å². The fraction of sp³-hybridized carbons (Fsp3) is 0.350. The molecule has 27 heavy (non-hydrogen) atoms. The Hall–Kier alpha value is -1.89. The van der Waals surface area contributed by atoms with Crippen LogP contribution in [-0.4, -0.2) is 26.6 Å². The van der Waals surface area contributed by atoms with Gasteiger partial charge in [0.25, 0.3) is 10.1 Å². The summed E-state index contributed by atoms with van der Waals surface area (Å²) in [5, 5.41) is 0.0396. The molecule has 7 heteroatoms. The number of halogens is 1.